The second-order valence-electron chi connectivity index (χ2n) is 5.16. The Kier molecular flexibility index (Phi) is 3.82. The maximum atomic E-state index is 13.5. The number of nitrogens with one attached hydrogen (secondary N) is 1. The van der Waals surface area contributed by atoms with E-state index in [2.05, 4.69) is 10.3 Å². The Balaban J connectivity index is 2.01. The van der Waals surface area contributed by atoms with Crippen LogP contribution in [0.5, 0.6) is 0 Å². The Morgan fingerprint density at radius 2 is 1.76 bits per heavy atom. The molecule has 0 saturated carbocycles. The highest BCUT2D eigenvalue weighted by atomic mass is 19.4. The first-order valence-electron chi connectivity index (χ1n) is 6.93. The molecule has 1 N–H and O–H groups in total. The molecule has 1 aromatic carbocycles. The fraction of sp³-hybridized carbons (Fsp3) is 0.400. The number of alkyl halides is 3. The summed E-state index contributed by atoms with van der Waals surface area (Å²) in [5.74, 6) is 0. The second-order valence-corrected chi connectivity index (χ2v) is 5.16. The molecule has 1 fully saturated rings. The van der Waals surface area contributed by atoms with Gasteiger partial charge in [-0.2, -0.15) is 13.2 Å². The fourth-order valence-corrected chi connectivity index (χ4v) is 2.74. The van der Waals surface area contributed by atoms with Crippen molar-refractivity contribution in [2.75, 3.05) is 26.2 Å². The monoisotopic (exact) mass is 295 g/mol. The van der Waals surface area contributed by atoms with E-state index < -0.39 is 12.2 Å². The maximum absolute atomic E-state index is 13.5. The molecule has 1 atom stereocenters. The van der Waals surface area contributed by atoms with Gasteiger partial charge < -0.3 is 5.32 Å². The van der Waals surface area contributed by atoms with Crippen LogP contribution in [0.15, 0.2) is 36.4 Å². The zero-order valence-corrected chi connectivity index (χ0v) is 11.4. The SMILES string of the molecule is FC(F)(F)[C@@H](c1ccc2ccccc2n1)N1CCNCC1. The lowest BCUT2D eigenvalue weighted by Crippen LogP contribution is -2.49. The molecular formula is C15H16F3N3. The van der Waals surface area contributed by atoms with Crippen molar-refractivity contribution < 1.29 is 13.2 Å². The molecule has 112 valence electrons. The van der Waals surface area contributed by atoms with Crippen LogP contribution in [0.25, 0.3) is 10.9 Å². The predicted octanol–water partition coefficient (Wildman–Crippen LogP) is 2.74. The van der Waals surface area contributed by atoms with Gasteiger partial charge in [-0.05, 0) is 12.1 Å². The lowest BCUT2D eigenvalue weighted by molar-refractivity contribution is -0.188. The molecule has 3 nitrogen and oxygen atoms in total. The summed E-state index contributed by atoms with van der Waals surface area (Å²) in [5.41, 5.74) is 0.669. The molecular weight excluding hydrogens is 279 g/mol. The Hall–Kier alpha value is -1.66. The molecule has 0 bridgehead atoms. The number of hydrogen-bond donors (Lipinski definition) is 1. The zero-order chi connectivity index (χ0) is 14.9. The van der Waals surface area contributed by atoms with Crippen LogP contribution < -0.4 is 5.32 Å². The standard InChI is InChI=1S/C15H16F3N3/c16-15(17,18)14(21-9-7-19-8-10-21)13-6-5-11-3-1-2-4-12(11)20-13/h1-6,14,19H,7-10H2/t14-/m1/s1. The summed E-state index contributed by atoms with van der Waals surface area (Å²) in [6.45, 7) is 1.89. The molecule has 6 heteroatoms. The molecule has 0 amide bonds. The van der Waals surface area contributed by atoms with E-state index in [1.165, 1.54) is 11.0 Å². The normalized spacial score (nSPS) is 18.8. The van der Waals surface area contributed by atoms with Crippen LogP contribution in [0, 0.1) is 0 Å². The van der Waals surface area contributed by atoms with Crippen molar-refractivity contribution in [1.82, 2.24) is 15.2 Å². The number of halogens is 3. The first-order chi connectivity index (χ1) is 10.1. The van der Waals surface area contributed by atoms with E-state index in [9.17, 15) is 13.2 Å². The van der Waals surface area contributed by atoms with Crippen molar-refractivity contribution in [2.45, 2.75) is 12.2 Å². The number of para-hydroxylation sites is 1. The number of rotatable bonds is 2. The molecule has 1 saturated heterocycles. The molecule has 1 aliphatic heterocycles. The number of piperazine rings is 1. The lowest BCUT2D eigenvalue weighted by atomic mass is 10.1. The van der Waals surface area contributed by atoms with Crippen LogP contribution in [0.1, 0.15) is 11.7 Å². The van der Waals surface area contributed by atoms with Crippen molar-refractivity contribution in [2.24, 2.45) is 0 Å². The van der Waals surface area contributed by atoms with Gasteiger partial charge in [-0.25, -0.2) is 0 Å². The topological polar surface area (TPSA) is 28.2 Å². The molecule has 2 aromatic rings. The fourth-order valence-electron chi connectivity index (χ4n) is 2.74. The Morgan fingerprint density at radius 3 is 2.48 bits per heavy atom. The quantitative estimate of drug-likeness (QED) is 0.923. The Labute approximate surface area is 120 Å². The van der Waals surface area contributed by atoms with Crippen LogP contribution in [-0.2, 0) is 0 Å². The molecule has 0 aliphatic carbocycles. The van der Waals surface area contributed by atoms with Crippen molar-refractivity contribution in [3.05, 3.63) is 42.1 Å². The van der Waals surface area contributed by atoms with Gasteiger partial charge in [0.2, 0.25) is 0 Å². The molecule has 2 heterocycles. The van der Waals surface area contributed by atoms with E-state index in [0.29, 0.717) is 31.7 Å². The van der Waals surface area contributed by atoms with Crippen LogP contribution in [0.2, 0.25) is 0 Å². The van der Waals surface area contributed by atoms with Gasteiger partial charge in [-0.3, -0.25) is 9.88 Å². The summed E-state index contributed by atoms with van der Waals surface area (Å²) in [5, 5.41) is 3.92. The molecule has 21 heavy (non-hydrogen) atoms. The summed E-state index contributed by atoms with van der Waals surface area (Å²) in [6, 6.07) is 8.78. The predicted molar refractivity (Wildman–Crippen MR) is 75.0 cm³/mol. The average molecular weight is 295 g/mol. The van der Waals surface area contributed by atoms with Gasteiger partial charge in [0.25, 0.3) is 0 Å². The van der Waals surface area contributed by atoms with Gasteiger partial charge in [0.05, 0.1) is 11.2 Å². The number of benzene rings is 1. The van der Waals surface area contributed by atoms with Gasteiger partial charge in [0.15, 0.2) is 0 Å². The highest BCUT2D eigenvalue weighted by Crippen LogP contribution is 2.37. The van der Waals surface area contributed by atoms with Gasteiger partial charge in [0, 0.05) is 31.6 Å². The van der Waals surface area contributed by atoms with E-state index in [1.54, 1.807) is 18.2 Å². The van der Waals surface area contributed by atoms with E-state index >= 15 is 0 Å². The van der Waals surface area contributed by atoms with Crippen molar-refractivity contribution >= 4 is 10.9 Å². The van der Waals surface area contributed by atoms with Crippen LogP contribution in [0.3, 0.4) is 0 Å². The van der Waals surface area contributed by atoms with E-state index in [4.69, 9.17) is 0 Å². The first kappa shape index (κ1) is 14.3. The number of aromatic nitrogens is 1. The van der Waals surface area contributed by atoms with Gasteiger partial charge >= 0.3 is 6.18 Å². The smallest absolute Gasteiger partial charge is 0.314 e. The summed E-state index contributed by atoms with van der Waals surface area (Å²) >= 11 is 0. The van der Waals surface area contributed by atoms with Crippen LogP contribution in [-0.4, -0.2) is 42.2 Å². The zero-order valence-electron chi connectivity index (χ0n) is 11.4. The maximum Gasteiger partial charge on any atom is 0.409 e. The molecule has 0 spiro atoms. The molecule has 0 radical (unpaired) electrons. The highest BCUT2D eigenvalue weighted by molar-refractivity contribution is 5.78. The third-order valence-corrected chi connectivity index (χ3v) is 3.73. The van der Waals surface area contributed by atoms with E-state index in [0.717, 1.165) is 5.39 Å². The molecule has 3 rings (SSSR count). The number of hydrogen-bond acceptors (Lipinski definition) is 3. The van der Waals surface area contributed by atoms with Gasteiger partial charge in [-0.1, -0.05) is 24.3 Å². The van der Waals surface area contributed by atoms with Crippen molar-refractivity contribution in [3.8, 4) is 0 Å². The van der Waals surface area contributed by atoms with Crippen molar-refractivity contribution in [1.29, 1.82) is 0 Å². The Bertz CT molecular complexity index is 621. The Morgan fingerprint density at radius 1 is 1.05 bits per heavy atom. The third kappa shape index (κ3) is 3.01. The summed E-state index contributed by atoms with van der Waals surface area (Å²) in [6.07, 6.45) is -4.33. The van der Waals surface area contributed by atoms with Gasteiger partial charge in [0.1, 0.15) is 6.04 Å². The van der Waals surface area contributed by atoms with Crippen molar-refractivity contribution in [3.63, 3.8) is 0 Å². The minimum atomic E-state index is -4.33. The molecule has 0 unspecified atom stereocenters. The summed E-state index contributed by atoms with van der Waals surface area (Å²) in [7, 11) is 0. The van der Waals surface area contributed by atoms with E-state index in [-0.39, 0.29) is 5.69 Å². The number of nitrogens with zero attached hydrogens (tertiary/aromatic N) is 2. The molecule has 1 aliphatic rings. The summed E-state index contributed by atoms with van der Waals surface area (Å²) in [4.78, 5) is 5.69. The lowest BCUT2D eigenvalue weighted by Gasteiger charge is -2.35. The van der Waals surface area contributed by atoms with Crippen LogP contribution >= 0.6 is 0 Å². The number of fused-ring (bicyclic) bond motifs is 1. The molecule has 1 aromatic heterocycles. The van der Waals surface area contributed by atoms with E-state index in [1.807, 2.05) is 12.1 Å². The van der Waals surface area contributed by atoms with Gasteiger partial charge in [-0.15, -0.1) is 0 Å². The minimum Gasteiger partial charge on any atom is -0.314 e. The van der Waals surface area contributed by atoms with Crippen LogP contribution in [0.4, 0.5) is 13.2 Å². The highest BCUT2D eigenvalue weighted by Gasteiger charge is 2.45. The number of pyridine rings is 1. The minimum absolute atomic E-state index is 0.0723. The second kappa shape index (κ2) is 5.61. The largest absolute Gasteiger partial charge is 0.409 e. The third-order valence-electron chi connectivity index (χ3n) is 3.73. The average Bonchev–Trinajstić information content (AvgIpc) is 2.47. The summed E-state index contributed by atoms with van der Waals surface area (Å²) < 4.78 is 40.5. The first-order valence-corrected chi connectivity index (χ1v) is 6.93.